The Bertz CT molecular complexity index is 623. The van der Waals surface area contributed by atoms with E-state index in [9.17, 15) is 13.6 Å². The molecule has 0 aliphatic heterocycles. The number of nitrogens with one attached hydrogen (secondary N) is 1. The second-order valence-electron chi connectivity index (χ2n) is 4.88. The van der Waals surface area contributed by atoms with Crippen molar-refractivity contribution in [3.8, 4) is 0 Å². The minimum absolute atomic E-state index is 0.175. The highest BCUT2D eigenvalue weighted by Gasteiger charge is 2.12. The molecular formula is C17H17F2NO. The number of rotatable bonds is 5. The fourth-order valence-corrected chi connectivity index (χ4v) is 2.01. The molecule has 2 aromatic rings. The quantitative estimate of drug-likeness (QED) is 0.859. The molecule has 0 heterocycles. The van der Waals surface area contributed by atoms with E-state index in [4.69, 9.17) is 0 Å². The Morgan fingerprint density at radius 3 is 2.43 bits per heavy atom. The number of aryl methyl sites for hydroxylation is 1. The minimum Gasteiger partial charge on any atom is -0.322 e. The maximum Gasteiger partial charge on any atom is 0.258 e. The summed E-state index contributed by atoms with van der Waals surface area (Å²) < 4.78 is 26.3. The molecule has 0 aliphatic rings. The summed E-state index contributed by atoms with van der Waals surface area (Å²) in [6, 6.07) is 10.3. The number of carbonyl (C=O) groups is 1. The summed E-state index contributed by atoms with van der Waals surface area (Å²) in [5, 5.41) is 2.60. The molecule has 1 N–H and O–H groups in total. The molecule has 0 bridgehead atoms. The largest absolute Gasteiger partial charge is 0.322 e. The molecule has 21 heavy (non-hydrogen) atoms. The molecule has 0 fully saturated rings. The fourth-order valence-electron chi connectivity index (χ4n) is 2.01. The number of unbranched alkanes of at least 4 members (excludes halogenated alkanes) is 1. The van der Waals surface area contributed by atoms with Crippen molar-refractivity contribution in [1.82, 2.24) is 0 Å². The van der Waals surface area contributed by atoms with E-state index in [0.717, 1.165) is 31.4 Å². The Morgan fingerprint density at radius 2 is 1.81 bits per heavy atom. The van der Waals surface area contributed by atoms with Gasteiger partial charge >= 0.3 is 0 Å². The standard InChI is InChI=1S/C17H17F2NO/c1-2-3-4-12-5-8-14(9-6-12)20-17(21)15-10-7-13(18)11-16(15)19/h5-11H,2-4H2,1H3,(H,20,21). The first-order valence-corrected chi connectivity index (χ1v) is 6.95. The normalized spacial score (nSPS) is 10.4. The van der Waals surface area contributed by atoms with Gasteiger partial charge in [0.1, 0.15) is 11.6 Å². The van der Waals surface area contributed by atoms with Crippen LogP contribution in [0.25, 0.3) is 0 Å². The van der Waals surface area contributed by atoms with E-state index in [-0.39, 0.29) is 5.56 Å². The van der Waals surface area contributed by atoms with E-state index >= 15 is 0 Å². The lowest BCUT2D eigenvalue weighted by Crippen LogP contribution is -2.13. The summed E-state index contributed by atoms with van der Waals surface area (Å²) in [6.07, 6.45) is 3.24. The first kappa shape index (κ1) is 15.2. The van der Waals surface area contributed by atoms with E-state index in [2.05, 4.69) is 12.2 Å². The summed E-state index contributed by atoms with van der Waals surface area (Å²) in [6.45, 7) is 2.13. The molecule has 0 unspecified atom stereocenters. The van der Waals surface area contributed by atoms with Crippen molar-refractivity contribution in [3.63, 3.8) is 0 Å². The number of amides is 1. The van der Waals surface area contributed by atoms with Gasteiger partial charge in [-0.3, -0.25) is 4.79 Å². The van der Waals surface area contributed by atoms with Gasteiger partial charge in [-0.15, -0.1) is 0 Å². The minimum atomic E-state index is -0.868. The Morgan fingerprint density at radius 1 is 1.10 bits per heavy atom. The number of carbonyl (C=O) groups excluding carboxylic acids is 1. The fraction of sp³-hybridized carbons (Fsp3) is 0.235. The van der Waals surface area contributed by atoms with Gasteiger partial charge in [0.05, 0.1) is 5.56 Å². The monoisotopic (exact) mass is 289 g/mol. The van der Waals surface area contributed by atoms with Gasteiger partial charge in [0, 0.05) is 11.8 Å². The Balaban J connectivity index is 2.05. The summed E-state index contributed by atoms with van der Waals surface area (Å²) in [7, 11) is 0. The van der Waals surface area contributed by atoms with Crippen LogP contribution in [-0.4, -0.2) is 5.91 Å². The third-order valence-electron chi connectivity index (χ3n) is 3.21. The lowest BCUT2D eigenvalue weighted by molar-refractivity contribution is 0.102. The molecule has 0 aliphatic carbocycles. The van der Waals surface area contributed by atoms with Crippen LogP contribution in [0.15, 0.2) is 42.5 Å². The number of anilines is 1. The van der Waals surface area contributed by atoms with Gasteiger partial charge in [-0.25, -0.2) is 8.78 Å². The molecule has 2 nitrogen and oxygen atoms in total. The molecule has 2 aromatic carbocycles. The van der Waals surface area contributed by atoms with E-state index < -0.39 is 17.5 Å². The highest BCUT2D eigenvalue weighted by molar-refractivity contribution is 6.04. The topological polar surface area (TPSA) is 29.1 Å². The molecule has 2 rings (SSSR count). The van der Waals surface area contributed by atoms with Crippen LogP contribution < -0.4 is 5.32 Å². The molecule has 0 aromatic heterocycles. The van der Waals surface area contributed by atoms with Crippen molar-refractivity contribution in [2.24, 2.45) is 0 Å². The second kappa shape index (κ2) is 6.97. The second-order valence-corrected chi connectivity index (χ2v) is 4.88. The summed E-state index contributed by atoms with van der Waals surface area (Å²) in [4.78, 5) is 11.9. The summed E-state index contributed by atoms with van der Waals surface area (Å²) >= 11 is 0. The predicted molar refractivity (Wildman–Crippen MR) is 79.4 cm³/mol. The van der Waals surface area contributed by atoms with Crippen LogP contribution in [0.4, 0.5) is 14.5 Å². The molecule has 0 saturated carbocycles. The Hall–Kier alpha value is -2.23. The lowest BCUT2D eigenvalue weighted by atomic mass is 10.1. The van der Waals surface area contributed by atoms with Crippen LogP contribution >= 0.6 is 0 Å². The molecule has 0 radical (unpaired) electrons. The zero-order valence-electron chi connectivity index (χ0n) is 11.8. The van der Waals surface area contributed by atoms with Gasteiger partial charge in [0.2, 0.25) is 0 Å². The van der Waals surface area contributed by atoms with Gasteiger partial charge in [0.15, 0.2) is 0 Å². The van der Waals surface area contributed by atoms with Gasteiger partial charge in [-0.05, 0) is 42.7 Å². The summed E-state index contributed by atoms with van der Waals surface area (Å²) in [5.74, 6) is -2.16. The van der Waals surface area contributed by atoms with Crippen molar-refractivity contribution >= 4 is 11.6 Å². The van der Waals surface area contributed by atoms with E-state index in [1.54, 1.807) is 12.1 Å². The first-order valence-electron chi connectivity index (χ1n) is 6.95. The third kappa shape index (κ3) is 4.12. The van der Waals surface area contributed by atoms with Gasteiger partial charge in [-0.1, -0.05) is 25.5 Å². The predicted octanol–water partition coefficient (Wildman–Crippen LogP) is 4.56. The molecule has 0 saturated heterocycles. The highest BCUT2D eigenvalue weighted by atomic mass is 19.1. The van der Waals surface area contributed by atoms with Crippen molar-refractivity contribution < 1.29 is 13.6 Å². The number of benzene rings is 2. The van der Waals surface area contributed by atoms with Crippen LogP contribution in [0.2, 0.25) is 0 Å². The van der Waals surface area contributed by atoms with E-state index in [1.807, 2.05) is 12.1 Å². The average Bonchev–Trinajstić information content (AvgIpc) is 2.46. The van der Waals surface area contributed by atoms with Gasteiger partial charge < -0.3 is 5.32 Å². The number of halogens is 2. The van der Waals surface area contributed by atoms with Crippen molar-refractivity contribution in [3.05, 3.63) is 65.2 Å². The van der Waals surface area contributed by atoms with Crippen LogP contribution in [0.5, 0.6) is 0 Å². The maximum absolute atomic E-state index is 13.5. The molecule has 1 amide bonds. The van der Waals surface area contributed by atoms with E-state index in [0.29, 0.717) is 11.8 Å². The zero-order chi connectivity index (χ0) is 15.2. The molecule has 0 spiro atoms. The number of hydrogen-bond donors (Lipinski definition) is 1. The summed E-state index contributed by atoms with van der Waals surface area (Å²) in [5.41, 5.74) is 1.61. The highest BCUT2D eigenvalue weighted by Crippen LogP contribution is 2.15. The zero-order valence-corrected chi connectivity index (χ0v) is 11.8. The van der Waals surface area contributed by atoms with Crippen LogP contribution in [0, 0.1) is 11.6 Å². The maximum atomic E-state index is 13.5. The van der Waals surface area contributed by atoms with E-state index in [1.165, 1.54) is 5.56 Å². The van der Waals surface area contributed by atoms with Crippen molar-refractivity contribution in [2.45, 2.75) is 26.2 Å². The lowest BCUT2D eigenvalue weighted by Gasteiger charge is -2.07. The molecule has 110 valence electrons. The van der Waals surface area contributed by atoms with Crippen molar-refractivity contribution in [1.29, 1.82) is 0 Å². The first-order chi connectivity index (χ1) is 10.1. The third-order valence-corrected chi connectivity index (χ3v) is 3.21. The van der Waals surface area contributed by atoms with Crippen LogP contribution in [-0.2, 0) is 6.42 Å². The molecule has 4 heteroatoms. The Kier molecular flexibility index (Phi) is 5.04. The smallest absolute Gasteiger partial charge is 0.258 e. The SMILES string of the molecule is CCCCc1ccc(NC(=O)c2ccc(F)cc2F)cc1. The number of hydrogen-bond acceptors (Lipinski definition) is 1. The van der Waals surface area contributed by atoms with Crippen LogP contribution in [0.1, 0.15) is 35.7 Å². The Labute approximate surface area is 122 Å². The van der Waals surface area contributed by atoms with Gasteiger partial charge in [0.25, 0.3) is 5.91 Å². The molecule has 0 atom stereocenters. The van der Waals surface area contributed by atoms with Gasteiger partial charge in [-0.2, -0.15) is 0 Å². The molecular weight excluding hydrogens is 272 g/mol. The van der Waals surface area contributed by atoms with Crippen molar-refractivity contribution in [2.75, 3.05) is 5.32 Å². The van der Waals surface area contributed by atoms with Crippen LogP contribution in [0.3, 0.4) is 0 Å². The average molecular weight is 289 g/mol.